The minimum atomic E-state index is -0.771. The van der Waals surface area contributed by atoms with Gasteiger partial charge in [-0.2, -0.15) is 0 Å². The Kier molecular flexibility index (Phi) is 6.06. The molecule has 1 aromatic heterocycles. The van der Waals surface area contributed by atoms with Crippen LogP contribution in [0.15, 0.2) is 54.9 Å². The van der Waals surface area contributed by atoms with Crippen LogP contribution in [0, 0.1) is 0 Å². The van der Waals surface area contributed by atoms with Crippen LogP contribution < -0.4 is 10.1 Å². The van der Waals surface area contributed by atoms with Crippen LogP contribution in [0.1, 0.15) is 47.6 Å². The molecule has 0 saturated carbocycles. The molecule has 3 rings (SSSR count). The molecule has 0 bridgehead atoms. The van der Waals surface area contributed by atoms with Gasteiger partial charge in [0.05, 0.1) is 19.8 Å². The van der Waals surface area contributed by atoms with Crippen LogP contribution in [0.4, 0.5) is 5.69 Å². The summed E-state index contributed by atoms with van der Waals surface area (Å²) in [7, 11) is 1.59. The van der Waals surface area contributed by atoms with Crippen molar-refractivity contribution in [3.8, 4) is 5.75 Å². The van der Waals surface area contributed by atoms with Crippen LogP contribution in [0.5, 0.6) is 5.75 Å². The van der Waals surface area contributed by atoms with Crippen LogP contribution in [0.25, 0.3) is 0 Å². The topological polar surface area (TPSA) is 89.3 Å². The predicted octanol–water partition coefficient (Wildman–Crippen LogP) is 3.40. The molecular weight excluding hydrogens is 356 g/mol. The summed E-state index contributed by atoms with van der Waals surface area (Å²) in [5, 5.41) is 17.3. The molecule has 1 heterocycles. The second kappa shape index (κ2) is 8.67. The van der Waals surface area contributed by atoms with Gasteiger partial charge < -0.3 is 15.2 Å². The van der Waals surface area contributed by atoms with Crippen molar-refractivity contribution in [2.75, 3.05) is 12.4 Å². The molecule has 7 heteroatoms. The number of nitrogens with zero attached hydrogens (tertiary/aromatic N) is 3. The van der Waals surface area contributed by atoms with Crippen molar-refractivity contribution in [3.05, 3.63) is 71.8 Å². The number of aliphatic hydroxyl groups excluding tert-OH is 1. The normalized spacial score (nSPS) is 12.0. The number of hydrogen-bond acceptors (Lipinski definition) is 5. The number of methoxy groups -OCH3 is 1. The molecular formula is C21H24N4O3. The second-order valence-corrected chi connectivity index (χ2v) is 6.81. The number of carbonyl (C=O) groups is 1. The minimum absolute atomic E-state index is 0.0508. The number of benzene rings is 2. The Morgan fingerprint density at radius 2 is 1.75 bits per heavy atom. The molecule has 0 spiro atoms. The lowest BCUT2D eigenvalue weighted by Crippen LogP contribution is -2.15. The van der Waals surface area contributed by atoms with Gasteiger partial charge in [0.25, 0.3) is 5.91 Å². The van der Waals surface area contributed by atoms with E-state index in [0.717, 1.165) is 11.3 Å². The van der Waals surface area contributed by atoms with Gasteiger partial charge in [-0.25, -0.2) is 9.67 Å². The highest BCUT2D eigenvalue weighted by atomic mass is 16.5. The third kappa shape index (κ3) is 4.75. The molecule has 0 fully saturated rings. The number of amides is 1. The van der Waals surface area contributed by atoms with Gasteiger partial charge in [-0.15, -0.1) is 5.10 Å². The van der Waals surface area contributed by atoms with Gasteiger partial charge in [0.1, 0.15) is 12.1 Å². The summed E-state index contributed by atoms with van der Waals surface area (Å²) in [5.41, 5.74) is 2.62. The fourth-order valence-electron chi connectivity index (χ4n) is 2.73. The second-order valence-electron chi connectivity index (χ2n) is 6.81. The number of anilines is 1. The molecule has 0 aliphatic carbocycles. The zero-order valence-corrected chi connectivity index (χ0v) is 16.2. The van der Waals surface area contributed by atoms with E-state index in [9.17, 15) is 9.90 Å². The lowest BCUT2D eigenvalue weighted by molar-refractivity contribution is 0.101. The Hall–Kier alpha value is -3.19. The Morgan fingerprint density at radius 1 is 1.11 bits per heavy atom. The summed E-state index contributed by atoms with van der Waals surface area (Å²) in [5.74, 6) is 0.807. The largest absolute Gasteiger partial charge is 0.497 e. The van der Waals surface area contributed by atoms with E-state index in [-0.39, 0.29) is 12.4 Å². The molecule has 1 amide bonds. The molecule has 1 atom stereocenters. The van der Waals surface area contributed by atoms with Gasteiger partial charge in [-0.1, -0.05) is 38.1 Å². The van der Waals surface area contributed by atoms with Gasteiger partial charge in [0.2, 0.25) is 5.82 Å². The summed E-state index contributed by atoms with van der Waals surface area (Å²) in [6, 6.07) is 14.8. The van der Waals surface area contributed by atoms with Crippen LogP contribution in [0.2, 0.25) is 0 Å². The lowest BCUT2D eigenvalue weighted by Gasteiger charge is -2.11. The summed E-state index contributed by atoms with van der Waals surface area (Å²) < 4.78 is 6.56. The van der Waals surface area contributed by atoms with Gasteiger partial charge in [-0.05, 0) is 41.3 Å². The third-order valence-electron chi connectivity index (χ3n) is 4.44. The van der Waals surface area contributed by atoms with Crippen molar-refractivity contribution in [1.29, 1.82) is 0 Å². The SMILES string of the molecule is COc1ccc([C@H](O)Cn2cnc(C(=O)Nc3ccc(C(C)C)cc3)n2)cc1. The average Bonchev–Trinajstić information content (AvgIpc) is 3.17. The van der Waals surface area contributed by atoms with Crippen LogP contribution in [-0.2, 0) is 6.54 Å². The Labute approximate surface area is 164 Å². The maximum Gasteiger partial charge on any atom is 0.295 e. The first-order chi connectivity index (χ1) is 13.5. The van der Waals surface area contributed by atoms with Crippen molar-refractivity contribution in [2.45, 2.75) is 32.4 Å². The number of ether oxygens (including phenoxy) is 1. The number of aliphatic hydroxyl groups is 1. The van der Waals surface area contributed by atoms with E-state index < -0.39 is 12.0 Å². The average molecular weight is 380 g/mol. The van der Waals surface area contributed by atoms with Crippen molar-refractivity contribution in [1.82, 2.24) is 14.8 Å². The van der Waals surface area contributed by atoms with E-state index >= 15 is 0 Å². The van der Waals surface area contributed by atoms with E-state index in [0.29, 0.717) is 11.6 Å². The smallest absolute Gasteiger partial charge is 0.295 e. The monoisotopic (exact) mass is 380 g/mol. The van der Waals surface area contributed by atoms with Crippen LogP contribution >= 0.6 is 0 Å². The van der Waals surface area contributed by atoms with Crippen LogP contribution in [0.3, 0.4) is 0 Å². The molecule has 146 valence electrons. The van der Waals surface area contributed by atoms with E-state index in [1.54, 1.807) is 31.4 Å². The van der Waals surface area contributed by atoms with Crippen molar-refractivity contribution < 1.29 is 14.6 Å². The molecule has 0 aliphatic heterocycles. The first-order valence-corrected chi connectivity index (χ1v) is 9.09. The Morgan fingerprint density at radius 3 is 2.36 bits per heavy atom. The van der Waals surface area contributed by atoms with Gasteiger partial charge in [-0.3, -0.25) is 4.79 Å². The molecule has 7 nitrogen and oxygen atoms in total. The van der Waals surface area contributed by atoms with Crippen LogP contribution in [-0.4, -0.2) is 32.9 Å². The number of hydrogen-bond donors (Lipinski definition) is 2. The molecule has 2 aromatic carbocycles. The highest BCUT2D eigenvalue weighted by molar-refractivity contribution is 6.01. The third-order valence-corrected chi connectivity index (χ3v) is 4.44. The fraction of sp³-hybridized carbons (Fsp3) is 0.286. The zero-order valence-electron chi connectivity index (χ0n) is 16.2. The summed E-state index contributed by atoms with van der Waals surface area (Å²) >= 11 is 0. The number of aromatic nitrogens is 3. The first kappa shape index (κ1) is 19.6. The van der Waals surface area contributed by atoms with E-state index in [2.05, 4.69) is 29.2 Å². The zero-order chi connectivity index (χ0) is 20.1. The Balaban J connectivity index is 1.61. The number of rotatable bonds is 7. The molecule has 0 radical (unpaired) electrons. The first-order valence-electron chi connectivity index (χ1n) is 9.09. The van der Waals surface area contributed by atoms with E-state index in [4.69, 9.17) is 4.74 Å². The van der Waals surface area contributed by atoms with Gasteiger partial charge >= 0.3 is 0 Å². The lowest BCUT2D eigenvalue weighted by atomic mass is 10.0. The standard InChI is InChI=1S/C21H24N4O3/c1-14(2)15-4-8-17(9-5-15)23-21(27)20-22-13-25(24-20)12-19(26)16-6-10-18(28-3)11-7-16/h4-11,13-14,19,26H,12H2,1-3H3,(H,23,27)/t19-/m1/s1. The number of nitrogens with one attached hydrogen (secondary N) is 1. The molecule has 0 aliphatic rings. The summed E-state index contributed by atoms with van der Waals surface area (Å²) in [6.45, 7) is 4.42. The van der Waals surface area contributed by atoms with Crippen molar-refractivity contribution in [3.63, 3.8) is 0 Å². The highest BCUT2D eigenvalue weighted by Crippen LogP contribution is 2.19. The molecule has 0 saturated heterocycles. The van der Waals surface area contributed by atoms with Crippen molar-refractivity contribution >= 4 is 11.6 Å². The summed E-state index contributed by atoms with van der Waals surface area (Å²) in [6.07, 6.45) is 0.663. The number of carbonyl (C=O) groups excluding carboxylic acids is 1. The molecule has 28 heavy (non-hydrogen) atoms. The van der Waals surface area contributed by atoms with Crippen molar-refractivity contribution in [2.24, 2.45) is 0 Å². The molecule has 0 unspecified atom stereocenters. The molecule has 2 N–H and O–H groups in total. The van der Waals surface area contributed by atoms with Gasteiger partial charge in [0, 0.05) is 5.69 Å². The fourth-order valence-corrected chi connectivity index (χ4v) is 2.73. The van der Waals surface area contributed by atoms with E-state index in [1.807, 2.05) is 24.3 Å². The minimum Gasteiger partial charge on any atom is -0.497 e. The Bertz CT molecular complexity index is 918. The van der Waals surface area contributed by atoms with Gasteiger partial charge in [0.15, 0.2) is 0 Å². The predicted molar refractivity (Wildman–Crippen MR) is 106 cm³/mol. The van der Waals surface area contributed by atoms with E-state index in [1.165, 1.54) is 16.6 Å². The maximum atomic E-state index is 12.3. The summed E-state index contributed by atoms with van der Waals surface area (Å²) in [4.78, 5) is 16.4. The highest BCUT2D eigenvalue weighted by Gasteiger charge is 2.15. The quantitative estimate of drug-likeness (QED) is 0.656. The maximum absolute atomic E-state index is 12.3. The molecule has 3 aromatic rings.